The maximum Gasteiger partial charge on any atom is 0.175 e. The van der Waals surface area contributed by atoms with Crippen molar-refractivity contribution in [2.75, 3.05) is 13.2 Å². The van der Waals surface area contributed by atoms with Gasteiger partial charge in [0.15, 0.2) is 11.5 Å². The monoisotopic (exact) mass is 338 g/mol. The van der Waals surface area contributed by atoms with Gasteiger partial charge in [0.25, 0.3) is 0 Å². The van der Waals surface area contributed by atoms with Gasteiger partial charge >= 0.3 is 0 Å². The van der Waals surface area contributed by atoms with Crippen LogP contribution in [0.15, 0.2) is 33.5 Å². The highest BCUT2D eigenvalue weighted by molar-refractivity contribution is 9.10. The molecule has 0 aliphatic carbocycles. The van der Waals surface area contributed by atoms with Gasteiger partial charge in [-0.1, -0.05) is 5.16 Å². The summed E-state index contributed by atoms with van der Waals surface area (Å²) >= 11 is 3.54. The molecule has 0 atom stereocenters. The third-order valence-corrected chi connectivity index (χ3v) is 3.58. The first-order chi connectivity index (χ1) is 9.83. The van der Waals surface area contributed by atoms with Crippen LogP contribution in [-0.4, -0.2) is 18.4 Å². The number of benzene rings is 1. The number of nitrogens with one attached hydrogen (secondary N) is 1. The van der Waals surface area contributed by atoms with E-state index >= 15 is 0 Å². The lowest BCUT2D eigenvalue weighted by Crippen LogP contribution is -2.13. The van der Waals surface area contributed by atoms with Gasteiger partial charge in [0.2, 0.25) is 0 Å². The van der Waals surface area contributed by atoms with E-state index in [0.29, 0.717) is 19.8 Å². The van der Waals surface area contributed by atoms with Crippen LogP contribution in [0.1, 0.15) is 17.7 Å². The molecule has 2 aromatic rings. The molecule has 0 spiro atoms. The molecule has 0 bridgehead atoms. The second-order valence-electron chi connectivity index (χ2n) is 4.55. The summed E-state index contributed by atoms with van der Waals surface area (Å²) in [6.07, 6.45) is 2.47. The average molecular weight is 339 g/mol. The fourth-order valence-corrected chi connectivity index (χ4v) is 2.65. The number of hydrogen-bond acceptors (Lipinski definition) is 5. The van der Waals surface area contributed by atoms with Gasteiger partial charge in [-0.25, -0.2) is 0 Å². The Hall–Kier alpha value is -1.53. The number of aromatic nitrogens is 1. The second-order valence-corrected chi connectivity index (χ2v) is 5.40. The van der Waals surface area contributed by atoms with Crippen LogP contribution < -0.4 is 14.8 Å². The molecular formula is C14H15BrN2O3. The predicted octanol–water partition coefficient (Wildman–Crippen LogP) is 2.89. The lowest BCUT2D eigenvalue weighted by atomic mass is 10.2. The number of ether oxygens (including phenoxy) is 2. The fourth-order valence-electron chi connectivity index (χ4n) is 2.05. The topological polar surface area (TPSA) is 56.5 Å². The third-order valence-electron chi connectivity index (χ3n) is 2.99. The summed E-state index contributed by atoms with van der Waals surface area (Å²) in [6, 6.07) is 5.90. The van der Waals surface area contributed by atoms with Gasteiger partial charge in [0, 0.05) is 25.6 Å². The molecule has 1 aromatic heterocycles. The van der Waals surface area contributed by atoms with Crippen molar-refractivity contribution in [1.29, 1.82) is 0 Å². The molecule has 1 aliphatic heterocycles. The molecule has 3 rings (SSSR count). The molecule has 0 fully saturated rings. The summed E-state index contributed by atoms with van der Waals surface area (Å²) in [5, 5.41) is 7.17. The third kappa shape index (κ3) is 3.13. The van der Waals surface area contributed by atoms with Crippen LogP contribution >= 0.6 is 15.9 Å². The van der Waals surface area contributed by atoms with Crippen LogP contribution in [-0.2, 0) is 13.1 Å². The van der Waals surface area contributed by atoms with Crippen molar-refractivity contribution < 1.29 is 14.0 Å². The number of halogens is 1. The van der Waals surface area contributed by atoms with E-state index in [9.17, 15) is 0 Å². The molecule has 106 valence electrons. The zero-order valence-corrected chi connectivity index (χ0v) is 12.5. The summed E-state index contributed by atoms with van der Waals surface area (Å²) in [5.74, 6) is 1.60. The van der Waals surface area contributed by atoms with Gasteiger partial charge in [-0.15, -0.1) is 0 Å². The van der Waals surface area contributed by atoms with E-state index < -0.39 is 0 Å². The molecule has 5 nitrogen and oxygen atoms in total. The maximum atomic E-state index is 5.71. The van der Waals surface area contributed by atoms with E-state index in [1.807, 2.05) is 18.2 Å². The molecule has 2 heterocycles. The van der Waals surface area contributed by atoms with Crippen molar-refractivity contribution in [2.24, 2.45) is 0 Å². The zero-order chi connectivity index (χ0) is 13.8. The first kappa shape index (κ1) is 13.5. The first-order valence-corrected chi connectivity index (χ1v) is 7.30. The second kappa shape index (κ2) is 6.28. The van der Waals surface area contributed by atoms with Gasteiger partial charge in [0.1, 0.15) is 6.26 Å². The summed E-state index contributed by atoms with van der Waals surface area (Å²) < 4.78 is 17.1. The molecule has 0 saturated heterocycles. The van der Waals surface area contributed by atoms with E-state index in [0.717, 1.165) is 40.2 Å². The minimum atomic E-state index is 0.669. The molecule has 0 radical (unpaired) electrons. The van der Waals surface area contributed by atoms with E-state index in [1.165, 1.54) is 0 Å². The maximum absolute atomic E-state index is 5.71. The Balaban J connectivity index is 1.67. The highest BCUT2D eigenvalue weighted by Gasteiger charge is 2.15. The zero-order valence-electron chi connectivity index (χ0n) is 10.9. The van der Waals surface area contributed by atoms with E-state index in [1.54, 1.807) is 6.26 Å². The lowest BCUT2D eigenvalue weighted by molar-refractivity contribution is 0.296. The molecule has 1 aliphatic rings. The largest absolute Gasteiger partial charge is 0.490 e. The number of fused-ring (bicyclic) bond motifs is 1. The highest BCUT2D eigenvalue weighted by Crippen LogP contribution is 2.38. The van der Waals surface area contributed by atoms with E-state index in [4.69, 9.17) is 14.0 Å². The van der Waals surface area contributed by atoms with Gasteiger partial charge in [-0.2, -0.15) is 0 Å². The standard InChI is InChI=1S/C14H15BrN2O3/c15-12-6-10(8-16-9-11-2-5-20-17-11)7-13-14(12)19-4-1-3-18-13/h2,5-7,16H,1,3-4,8-9H2. The van der Waals surface area contributed by atoms with Crippen molar-refractivity contribution in [2.45, 2.75) is 19.5 Å². The molecule has 1 N–H and O–H groups in total. The van der Waals surface area contributed by atoms with Gasteiger partial charge in [0.05, 0.1) is 23.4 Å². The molecule has 0 unspecified atom stereocenters. The predicted molar refractivity (Wildman–Crippen MR) is 76.8 cm³/mol. The Kier molecular flexibility index (Phi) is 4.22. The molecule has 20 heavy (non-hydrogen) atoms. The van der Waals surface area contributed by atoms with Crippen LogP contribution in [0.5, 0.6) is 11.5 Å². The van der Waals surface area contributed by atoms with Crippen LogP contribution in [0.25, 0.3) is 0 Å². The minimum absolute atomic E-state index is 0.669. The summed E-state index contributed by atoms with van der Waals surface area (Å²) in [4.78, 5) is 0. The van der Waals surface area contributed by atoms with Crippen LogP contribution in [0.3, 0.4) is 0 Å². The van der Waals surface area contributed by atoms with Gasteiger partial charge in [-0.05, 0) is 33.6 Å². The van der Waals surface area contributed by atoms with Crippen molar-refractivity contribution in [1.82, 2.24) is 10.5 Å². The SMILES string of the molecule is Brc1cc(CNCc2ccon2)cc2c1OCCCO2. The molecule has 1 aromatic carbocycles. The Morgan fingerprint density at radius 1 is 1.20 bits per heavy atom. The van der Waals surface area contributed by atoms with Crippen LogP contribution in [0, 0.1) is 0 Å². The highest BCUT2D eigenvalue weighted by atomic mass is 79.9. The molecular weight excluding hydrogens is 324 g/mol. The lowest BCUT2D eigenvalue weighted by Gasteiger charge is -2.12. The number of nitrogens with zero attached hydrogens (tertiary/aromatic N) is 1. The van der Waals surface area contributed by atoms with Crippen LogP contribution in [0.2, 0.25) is 0 Å². The van der Waals surface area contributed by atoms with Crippen molar-refractivity contribution >= 4 is 15.9 Å². The van der Waals surface area contributed by atoms with Crippen molar-refractivity contribution in [3.8, 4) is 11.5 Å². The van der Waals surface area contributed by atoms with Gasteiger partial charge in [-0.3, -0.25) is 0 Å². The van der Waals surface area contributed by atoms with E-state index in [-0.39, 0.29) is 0 Å². The Labute approximate surface area is 125 Å². The summed E-state index contributed by atoms with van der Waals surface area (Å²) in [7, 11) is 0. The van der Waals surface area contributed by atoms with Crippen LogP contribution in [0.4, 0.5) is 0 Å². The normalized spacial score (nSPS) is 14.1. The molecule has 0 saturated carbocycles. The summed E-state index contributed by atoms with van der Waals surface area (Å²) in [5.41, 5.74) is 2.02. The first-order valence-electron chi connectivity index (χ1n) is 6.51. The smallest absolute Gasteiger partial charge is 0.175 e. The number of rotatable bonds is 4. The molecule has 6 heteroatoms. The summed E-state index contributed by atoms with van der Waals surface area (Å²) in [6.45, 7) is 2.77. The fraction of sp³-hybridized carbons (Fsp3) is 0.357. The van der Waals surface area contributed by atoms with Gasteiger partial charge < -0.3 is 19.3 Å². The molecule has 0 amide bonds. The quantitative estimate of drug-likeness (QED) is 0.928. The van der Waals surface area contributed by atoms with Crippen molar-refractivity contribution in [3.05, 3.63) is 40.2 Å². The Morgan fingerprint density at radius 2 is 2.10 bits per heavy atom. The average Bonchev–Trinajstić information content (AvgIpc) is 2.83. The number of hydrogen-bond donors (Lipinski definition) is 1. The van der Waals surface area contributed by atoms with Crippen molar-refractivity contribution in [3.63, 3.8) is 0 Å². The van der Waals surface area contributed by atoms with E-state index in [2.05, 4.69) is 26.4 Å². The Morgan fingerprint density at radius 3 is 2.95 bits per heavy atom. The Bertz CT molecular complexity index is 572. The minimum Gasteiger partial charge on any atom is -0.490 e.